The maximum atomic E-state index is 13.2. The number of aromatic nitrogens is 2. The summed E-state index contributed by atoms with van der Waals surface area (Å²) in [6.07, 6.45) is 4.11. The van der Waals surface area contributed by atoms with E-state index in [-0.39, 0.29) is 11.7 Å². The van der Waals surface area contributed by atoms with Crippen LogP contribution in [0.5, 0.6) is 0 Å². The quantitative estimate of drug-likeness (QED) is 0.699. The van der Waals surface area contributed by atoms with E-state index in [4.69, 9.17) is 0 Å². The number of amides is 1. The molecule has 0 unspecified atom stereocenters. The van der Waals surface area contributed by atoms with Crippen molar-refractivity contribution in [2.45, 2.75) is 13.0 Å². The zero-order chi connectivity index (χ0) is 19.3. The van der Waals surface area contributed by atoms with Crippen LogP contribution in [0.25, 0.3) is 5.69 Å². The summed E-state index contributed by atoms with van der Waals surface area (Å²) in [6.45, 7) is 4.11. The van der Waals surface area contributed by atoms with Crippen molar-refractivity contribution in [3.63, 3.8) is 0 Å². The normalized spacial score (nSPS) is 15.4. The summed E-state index contributed by atoms with van der Waals surface area (Å²) in [5.74, 6) is -0.342. The van der Waals surface area contributed by atoms with Crippen molar-refractivity contribution < 1.29 is 9.18 Å². The zero-order valence-corrected chi connectivity index (χ0v) is 15.7. The molecule has 0 bridgehead atoms. The Kier molecular flexibility index (Phi) is 5.48. The van der Waals surface area contributed by atoms with E-state index in [1.165, 1.54) is 17.7 Å². The fourth-order valence-corrected chi connectivity index (χ4v) is 3.60. The molecule has 3 aromatic rings. The summed E-state index contributed by atoms with van der Waals surface area (Å²) in [5, 5.41) is 0. The van der Waals surface area contributed by atoms with Crippen LogP contribution in [0.3, 0.4) is 0 Å². The van der Waals surface area contributed by atoms with E-state index < -0.39 is 0 Å². The molecule has 1 saturated heterocycles. The van der Waals surface area contributed by atoms with Gasteiger partial charge in [0.25, 0.3) is 5.91 Å². The lowest BCUT2D eigenvalue weighted by Crippen LogP contribution is -2.36. The molecule has 1 aliphatic rings. The zero-order valence-electron chi connectivity index (χ0n) is 15.7. The number of hydrogen-bond donors (Lipinski definition) is 0. The van der Waals surface area contributed by atoms with E-state index in [1.54, 1.807) is 29.2 Å². The fourth-order valence-electron chi connectivity index (χ4n) is 3.60. The van der Waals surface area contributed by atoms with Gasteiger partial charge >= 0.3 is 0 Å². The van der Waals surface area contributed by atoms with Gasteiger partial charge in [0.05, 0.1) is 12.5 Å². The first kappa shape index (κ1) is 18.4. The van der Waals surface area contributed by atoms with Gasteiger partial charge in [-0.15, -0.1) is 0 Å². The highest BCUT2D eigenvalue weighted by molar-refractivity contribution is 5.93. The number of carbonyl (C=O) groups excluding carboxylic acids is 1. The SMILES string of the molecule is O=C(c1cncn1-c1ccc(F)cc1)N1CCCN(Cc2ccccc2)CC1. The third kappa shape index (κ3) is 4.12. The minimum atomic E-state index is -0.303. The molecule has 0 saturated carbocycles. The number of halogens is 1. The standard InChI is InChI=1S/C22H23FN4O/c23-19-7-9-20(10-8-19)27-17-24-15-21(27)22(28)26-12-4-11-25(13-14-26)16-18-5-2-1-3-6-18/h1-3,5-10,15,17H,4,11-14,16H2. The lowest BCUT2D eigenvalue weighted by molar-refractivity contribution is 0.0753. The summed E-state index contributed by atoms with van der Waals surface area (Å²) < 4.78 is 14.9. The van der Waals surface area contributed by atoms with Crippen LogP contribution in [0.1, 0.15) is 22.5 Å². The molecule has 0 radical (unpaired) electrons. The Morgan fingerprint density at radius 3 is 2.54 bits per heavy atom. The minimum absolute atomic E-state index is 0.0385. The van der Waals surface area contributed by atoms with Crippen molar-refractivity contribution in [1.29, 1.82) is 0 Å². The third-order valence-electron chi connectivity index (χ3n) is 5.09. The van der Waals surface area contributed by atoms with Gasteiger partial charge in [0, 0.05) is 38.4 Å². The Balaban J connectivity index is 1.45. The molecule has 6 heteroatoms. The summed E-state index contributed by atoms with van der Waals surface area (Å²) in [4.78, 5) is 21.5. The molecule has 28 heavy (non-hydrogen) atoms. The fraction of sp³-hybridized carbons (Fsp3) is 0.273. The van der Waals surface area contributed by atoms with Gasteiger partial charge < -0.3 is 4.90 Å². The second-order valence-electron chi connectivity index (χ2n) is 7.03. The van der Waals surface area contributed by atoms with E-state index in [0.29, 0.717) is 12.2 Å². The molecular weight excluding hydrogens is 355 g/mol. The van der Waals surface area contributed by atoms with Crippen LogP contribution in [0, 0.1) is 5.82 Å². The van der Waals surface area contributed by atoms with Crippen molar-refractivity contribution in [3.8, 4) is 5.69 Å². The van der Waals surface area contributed by atoms with Crippen LogP contribution in [0.15, 0.2) is 67.1 Å². The van der Waals surface area contributed by atoms with Gasteiger partial charge in [0.15, 0.2) is 0 Å². The molecule has 144 valence electrons. The average Bonchev–Trinajstić information content (AvgIpc) is 3.09. The number of hydrogen-bond acceptors (Lipinski definition) is 3. The summed E-state index contributed by atoms with van der Waals surface area (Å²) >= 11 is 0. The molecule has 2 aromatic carbocycles. The van der Waals surface area contributed by atoms with Gasteiger partial charge in [0.1, 0.15) is 11.5 Å². The molecule has 0 N–H and O–H groups in total. The second kappa shape index (κ2) is 8.35. The molecule has 4 rings (SSSR count). The van der Waals surface area contributed by atoms with Gasteiger partial charge in [0.2, 0.25) is 0 Å². The van der Waals surface area contributed by atoms with Gasteiger partial charge in [-0.25, -0.2) is 9.37 Å². The maximum absolute atomic E-state index is 13.2. The van der Waals surface area contributed by atoms with Gasteiger partial charge in [-0.1, -0.05) is 30.3 Å². The lowest BCUT2D eigenvalue weighted by atomic mass is 10.2. The largest absolute Gasteiger partial charge is 0.336 e. The van der Waals surface area contributed by atoms with Crippen molar-refractivity contribution in [3.05, 3.63) is 84.2 Å². The highest BCUT2D eigenvalue weighted by Crippen LogP contribution is 2.16. The van der Waals surface area contributed by atoms with E-state index in [9.17, 15) is 9.18 Å². The predicted octanol–water partition coefficient (Wildman–Crippen LogP) is 3.36. The average molecular weight is 378 g/mol. The Bertz CT molecular complexity index is 923. The van der Waals surface area contributed by atoms with E-state index in [1.807, 2.05) is 11.0 Å². The first-order valence-corrected chi connectivity index (χ1v) is 9.54. The van der Waals surface area contributed by atoms with Crippen LogP contribution in [-0.4, -0.2) is 51.4 Å². The molecular formula is C22H23FN4O. The second-order valence-corrected chi connectivity index (χ2v) is 7.03. The highest BCUT2D eigenvalue weighted by Gasteiger charge is 2.23. The third-order valence-corrected chi connectivity index (χ3v) is 5.09. The van der Waals surface area contributed by atoms with Crippen molar-refractivity contribution in [2.24, 2.45) is 0 Å². The van der Waals surface area contributed by atoms with Gasteiger partial charge in [-0.05, 0) is 36.2 Å². The first-order valence-electron chi connectivity index (χ1n) is 9.54. The van der Waals surface area contributed by atoms with Crippen LogP contribution in [0.2, 0.25) is 0 Å². The molecule has 1 amide bonds. The molecule has 0 spiro atoms. The van der Waals surface area contributed by atoms with Crippen LogP contribution < -0.4 is 0 Å². The van der Waals surface area contributed by atoms with Crippen LogP contribution in [0.4, 0.5) is 4.39 Å². The van der Waals surface area contributed by atoms with E-state index in [2.05, 4.69) is 34.1 Å². The maximum Gasteiger partial charge on any atom is 0.272 e. The Morgan fingerprint density at radius 2 is 1.75 bits per heavy atom. The number of nitrogens with zero attached hydrogens (tertiary/aromatic N) is 4. The number of carbonyl (C=O) groups is 1. The molecule has 1 aromatic heterocycles. The van der Waals surface area contributed by atoms with E-state index >= 15 is 0 Å². The molecule has 0 atom stereocenters. The van der Waals surface area contributed by atoms with Crippen molar-refractivity contribution in [2.75, 3.05) is 26.2 Å². The minimum Gasteiger partial charge on any atom is -0.336 e. The molecule has 0 aliphatic carbocycles. The Morgan fingerprint density at radius 1 is 0.964 bits per heavy atom. The van der Waals surface area contributed by atoms with Crippen molar-refractivity contribution >= 4 is 5.91 Å². The monoisotopic (exact) mass is 378 g/mol. The smallest absolute Gasteiger partial charge is 0.272 e. The summed E-state index contributed by atoms with van der Waals surface area (Å²) in [5.41, 5.74) is 2.52. The van der Waals surface area contributed by atoms with Crippen LogP contribution >= 0.6 is 0 Å². The van der Waals surface area contributed by atoms with Gasteiger partial charge in [-0.3, -0.25) is 14.3 Å². The highest BCUT2D eigenvalue weighted by atomic mass is 19.1. The molecule has 5 nitrogen and oxygen atoms in total. The number of imidazole rings is 1. The number of benzene rings is 2. The lowest BCUT2D eigenvalue weighted by Gasteiger charge is -2.22. The van der Waals surface area contributed by atoms with Crippen molar-refractivity contribution in [1.82, 2.24) is 19.4 Å². The molecule has 1 fully saturated rings. The summed E-state index contributed by atoms with van der Waals surface area (Å²) in [6, 6.07) is 16.5. The van der Waals surface area contributed by atoms with E-state index in [0.717, 1.165) is 38.3 Å². The topological polar surface area (TPSA) is 41.4 Å². The number of rotatable bonds is 4. The molecule has 1 aliphatic heterocycles. The van der Waals surface area contributed by atoms with Crippen LogP contribution in [-0.2, 0) is 6.54 Å². The summed E-state index contributed by atoms with van der Waals surface area (Å²) in [7, 11) is 0. The Labute approximate surface area is 164 Å². The molecule has 2 heterocycles. The predicted molar refractivity (Wildman–Crippen MR) is 106 cm³/mol. The van der Waals surface area contributed by atoms with Gasteiger partial charge in [-0.2, -0.15) is 0 Å². The first-order chi connectivity index (χ1) is 13.7. The Hall–Kier alpha value is -2.99.